The number of ether oxygens (including phenoxy) is 1. The summed E-state index contributed by atoms with van der Waals surface area (Å²) in [6, 6.07) is 5.04. The lowest BCUT2D eigenvalue weighted by Crippen LogP contribution is -2.15. The van der Waals surface area contributed by atoms with E-state index < -0.39 is 5.76 Å². The van der Waals surface area contributed by atoms with Crippen LogP contribution in [0.25, 0.3) is 11.1 Å². The lowest BCUT2D eigenvalue weighted by molar-refractivity contribution is -0.140. The lowest BCUT2D eigenvalue weighted by atomic mass is 10.2. The van der Waals surface area contributed by atoms with Gasteiger partial charge in [-0.05, 0) is 18.6 Å². The van der Waals surface area contributed by atoms with Crippen LogP contribution in [0.5, 0.6) is 0 Å². The molecule has 0 aliphatic carbocycles. The summed E-state index contributed by atoms with van der Waals surface area (Å²) in [5.41, 5.74) is 7.28. The predicted molar refractivity (Wildman–Crippen MR) is 66.1 cm³/mol. The van der Waals surface area contributed by atoms with Crippen LogP contribution in [0, 0.1) is 0 Å². The Morgan fingerprint density at radius 1 is 1.50 bits per heavy atom. The Bertz CT molecular complexity index is 627. The molecule has 2 rings (SSSR count). The van der Waals surface area contributed by atoms with Gasteiger partial charge in [0, 0.05) is 24.7 Å². The van der Waals surface area contributed by atoms with E-state index in [1.54, 1.807) is 18.2 Å². The molecule has 0 saturated heterocycles. The fourth-order valence-corrected chi connectivity index (χ4v) is 1.78. The second kappa shape index (κ2) is 4.95. The number of carbonyl (C=O) groups excluding carboxylic acids is 1. The van der Waals surface area contributed by atoms with Gasteiger partial charge >= 0.3 is 11.7 Å². The van der Waals surface area contributed by atoms with Crippen LogP contribution in [0.2, 0.25) is 0 Å². The number of nitrogens with two attached hydrogens (primary N) is 1. The number of aryl methyl sites for hydroxylation is 1. The van der Waals surface area contributed by atoms with E-state index in [9.17, 15) is 9.59 Å². The molecule has 0 radical (unpaired) electrons. The quantitative estimate of drug-likeness (QED) is 0.649. The van der Waals surface area contributed by atoms with Crippen LogP contribution in [0.4, 0.5) is 5.69 Å². The van der Waals surface area contributed by atoms with Crippen molar-refractivity contribution in [2.45, 2.75) is 19.4 Å². The van der Waals surface area contributed by atoms with E-state index in [0.29, 0.717) is 29.8 Å². The second-order valence-corrected chi connectivity index (χ2v) is 3.93. The van der Waals surface area contributed by atoms with Gasteiger partial charge in [-0.3, -0.25) is 9.36 Å². The van der Waals surface area contributed by atoms with Crippen LogP contribution in [0.3, 0.4) is 0 Å². The molecular weight excluding hydrogens is 236 g/mol. The number of methoxy groups -OCH3 is 1. The van der Waals surface area contributed by atoms with Gasteiger partial charge in [0.1, 0.15) is 0 Å². The van der Waals surface area contributed by atoms with Gasteiger partial charge in [0.2, 0.25) is 0 Å². The molecule has 96 valence electrons. The first-order chi connectivity index (χ1) is 8.61. The normalized spacial score (nSPS) is 10.7. The van der Waals surface area contributed by atoms with Gasteiger partial charge in [0.05, 0.1) is 12.6 Å². The molecule has 0 bridgehead atoms. The number of benzene rings is 1. The minimum Gasteiger partial charge on any atom is -0.469 e. The number of anilines is 1. The first kappa shape index (κ1) is 12.2. The number of aromatic nitrogens is 1. The minimum atomic E-state index is -0.444. The van der Waals surface area contributed by atoms with Gasteiger partial charge in [0.25, 0.3) is 0 Å². The number of nitrogen functional groups attached to an aromatic ring is 1. The highest BCUT2D eigenvalue weighted by Gasteiger charge is 2.09. The molecule has 0 aliphatic rings. The summed E-state index contributed by atoms with van der Waals surface area (Å²) < 4.78 is 11.1. The van der Waals surface area contributed by atoms with Crippen molar-refractivity contribution < 1.29 is 13.9 Å². The summed E-state index contributed by atoms with van der Waals surface area (Å²) in [4.78, 5) is 22.6. The zero-order valence-corrected chi connectivity index (χ0v) is 10.0. The zero-order valence-electron chi connectivity index (χ0n) is 10.0. The molecule has 0 amide bonds. The van der Waals surface area contributed by atoms with Crippen molar-refractivity contribution in [1.82, 2.24) is 4.57 Å². The largest absolute Gasteiger partial charge is 0.469 e. The van der Waals surface area contributed by atoms with E-state index in [1.165, 1.54) is 11.7 Å². The van der Waals surface area contributed by atoms with Gasteiger partial charge in [-0.1, -0.05) is 0 Å². The first-order valence-electron chi connectivity index (χ1n) is 5.57. The Morgan fingerprint density at radius 3 is 3.00 bits per heavy atom. The third kappa shape index (κ3) is 2.37. The molecule has 2 N–H and O–H groups in total. The molecule has 6 heteroatoms. The van der Waals surface area contributed by atoms with Gasteiger partial charge < -0.3 is 14.9 Å². The summed E-state index contributed by atoms with van der Waals surface area (Å²) in [5, 5.41) is 0. The van der Waals surface area contributed by atoms with E-state index in [0.717, 1.165) is 0 Å². The summed E-state index contributed by atoms with van der Waals surface area (Å²) in [5.74, 6) is -0.736. The molecule has 6 nitrogen and oxygen atoms in total. The fraction of sp³-hybridized carbons (Fsp3) is 0.333. The van der Waals surface area contributed by atoms with E-state index in [-0.39, 0.29) is 12.4 Å². The third-order valence-electron chi connectivity index (χ3n) is 2.68. The molecule has 1 aromatic heterocycles. The minimum absolute atomic E-state index is 0.268. The van der Waals surface area contributed by atoms with Crippen LogP contribution in [0.15, 0.2) is 27.4 Å². The van der Waals surface area contributed by atoms with Crippen LogP contribution in [-0.2, 0) is 16.1 Å². The van der Waals surface area contributed by atoms with E-state index in [4.69, 9.17) is 10.2 Å². The van der Waals surface area contributed by atoms with E-state index in [2.05, 4.69) is 4.74 Å². The molecule has 18 heavy (non-hydrogen) atoms. The average molecular weight is 250 g/mol. The summed E-state index contributed by atoms with van der Waals surface area (Å²) in [6.45, 7) is 0.408. The Morgan fingerprint density at radius 2 is 2.28 bits per heavy atom. The molecule has 0 aliphatic heterocycles. The average Bonchev–Trinajstić information content (AvgIpc) is 2.64. The number of oxazole rings is 1. The SMILES string of the molecule is COC(=O)CCCn1c(=O)oc2cc(N)ccc21. The monoisotopic (exact) mass is 250 g/mol. The number of rotatable bonds is 4. The zero-order chi connectivity index (χ0) is 13.1. The molecule has 2 aromatic rings. The summed E-state index contributed by atoms with van der Waals surface area (Å²) >= 11 is 0. The smallest absolute Gasteiger partial charge is 0.419 e. The van der Waals surface area contributed by atoms with Crippen LogP contribution in [0.1, 0.15) is 12.8 Å². The fourth-order valence-electron chi connectivity index (χ4n) is 1.78. The highest BCUT2D eigenvalue weighted by atomic mass is 16.5. The molecule has 1 aromatic carbocycles. The maximum absolute atomic E-state index is 11.6. The molecule has 0 spiro atoms. The molecule has 0 atom stereocenters. The highest BCUT2D eigenvalue weighted by molar-refractivity contribution is 5.76. The van der Waals surface area contributed by atoms with Crippen LogP contribution >= 0.6 is 0 Å². The van der Waals surface area contributed by atoms with E-state index in [1.807, 2.05) is 0 Å². The van der Waals surface area contributed by atoms with Crippen molar-refractivity contribution in [3.8, 4) is 0 Å². The standard InChI is InChI=1S/C12H14N2O4/c1-17-11(15)3-2-6-14-9-5-4-8(13)7-10(9)18-12(14)16/h4-5,7H,2-3,6,13H2,1H3. The van der Waals surface area contributed by atoms with Crippen molar-refractivity contribution >= 4 is 22.8 Å². The Hall–Kier alpha value is -2.24. The van der Waals surface area contributed by atoms with Crippen molar-refractivity contribution in [1.29, 1.82) is 0 Å². The third-order valence-corrected chi connectivity index (χ3v) is 2.68. The summed E-state index contributed by atoms with van der Waals surface area (Å²) in [7, 11) is 1.34. The predicted octanol–water partition coefficient (Wildman–Crippen LogP) is 1.13. The van der Waals surface area contributed by atoms with Crippen molar-refractivity contribution in [3.05, 3.63) is 28.7 Å². The molecular formula is C12H14N2O4. The van der Waals surface area contributed by atoms with Crippen molar-refractivity contribution in [3.63, 3.8) is 0 Å². The van der Waals surface area contributed by atoms with Gasteiger partial charge in [-0.2, -0.15) is 0 Å². The highest BCUT2D eigenvalue weighted by Crippen LogP contribution is 2.16. The molecule has 0 unspecified atom stereocenters. The maximum Gasteiger partial charge on any atom is 0.419 e. The lowest BCUT2D eigenvalue weighted by Gasteiger charge is -2.01. The van der Waals surface area contributed by atoms with Gasteiger partial charge in [-0.25, -0.2) is 4.79 Å². The van der Waals surface area contributed by atoms with Gasteiger partial charge in [-0.15, -0.1) is 0 Å². The van der Waals surface area contributed by atoms with Crippen LogP contribution in [-0.4, -0.2) is 17.6 Å². The van der Waals surface area contributed by atoms with E-state index >= 15 is 0 Å². The number of carbonyl (C=O) groups is 1. The van der Waals surface area contributed by atoms with Crippen molar-refractivity contribution in [2.24, 2.45) is 0 Å². The number of fused-ring (bicyclic) bond motifs is 1. The number of nitrogens with zero attached hydrogens (tertiary/aromatic N) is 1. The molecule has 0 saturated carbocycles. The Labute approximate surface area is 103 Å². The second-order valence-electron chi connectivity index (χ2n) is 3.93. The van der Waals surface area contributed by atoms with Gasteiger partial charge in [0.15, 0.2) is 5.58 Å². The number of hydrogen-bond acceptors (Lipinski definition) is 5. The number of esters is 1. The Balaban J connectivity index is 2.20. The van der Waals surface area contributed by atoms with Crippen LogP contribution < -0.4 is 11.5 Å². The Kier molecular flexibility index (Phi) is 3.36. The topological polar surface area (TPSA) is 87.5 Å². The molecule has 1 heterocycles. The first-order valence-corrected chi connectivity index (χ1v) is 5.57. The molecule has 0 fully saturated rings. The van der Waals surface area contributed by atoms with Crippen molar-refractivity contribution in [2.75, 3.05) is 12.8 Å². The maximum atomic E-state index is 11.6. The summed E-state index contributed by atoms with van der Waals surface area (Å²) in [6.07, 6.45) is 0.788. The number of hydrogen-bond donors (Lipinski definition) is 1.